The number of nitrogens with one attached hydrogen (secondary N) is 1. The van der Waals surface area contributed by atoms with E-state index >= 15 is 0 Å². The highest BCUT2D eigenvalue weighted by Crippen LogP contribution is 2.22. The Morgan fingerprint density at radius 2 is 2.14 bits per heavy atom. The molecule has 0 aliphatic carbocycles. The van der Waals surface area contributed by atoms with Crippen molar-refractivity contribution in [3.63, 3.8) is 0 Å². The zero-order valence-electron chi connectivity index (χ0n) is 12.3. The summed E-state index contributed by atoms with van der Waals surface area (Å²) in [7, 11) is 0. The minimum Gasteiger partial charge on any atom is -0.481 e. The van der Waals surface area contributed by atoms with Crippen molar-refractivity contribution in [1.29, 1.82) is 0 Å². The summed E-state index contributed by atoms with van der Waals surface area (Å²) in [5.74, 6) is -0.957. The molecular weight excluding hydrogens is 300 g/mol. The van der Waals surface area contributed by atoms with E-state index in [1.54, 1.807) is 17.4 Å². The molecule has 1 amide bonds. The van der Waals surface area contributed by atoms with E-state index in [0.717, 1.165) is 16.3 Å². The van der Waals surface area contributed by atoms with Gasteiger partial charge in [0.15, 0.2) is 0 Å². The van der Waals surface area contributed by atoms with Crippen molar-refractivity contribution < 1.29 is 14.7 Å². The zero-order valence-corrected chi connectivity index (χ0v) is 13.2. The van der Waals surface area contributed by atoms with Crippen LogP contribution < -0.4 is 5.32 Å². The Kier molecular flexibility index (Phi) is 5.66. The first-order valence-corrected chi connectivity index (χ1v) is 7.97. The van der Waals surface area contributed by atoms with Crippen LogP contribution in [0.25, 0.3) is 11.3 Å². The van der Waals surface area contributed by atoms with E-state index in [9.17, 15) is 9.59 Å². The molecule has 1 heterocycles. The Hall–Kier alpha value is -2.21. The first kappa shape index (κ1) is 16.2. The van der Waals surface area contributed by atoms with Gasteiger partial charge in [-0.1, -0.05) is 12.1 Å². The largest absolute Gasteiger partial charge is 0.481 e. The van der Waals surface area contributed by atoms with E-state index in [4.69, 9.17) is 5.11 Å². The normalized spacial score (nSPS) is 10.4. The maximum atomic E-state index is 12.1. The molecule has 0 atom stereocenters. The number of hydrogen-bond donors (Lipinski definition) is 2. The van der Waals surface area contributed by atoms with E-state index in [1.165, 1.54) is 0 Å². The number of thiazole rings is 1. The Morgan fingerprint density at radius 1 is 1.32 bits per heavy atom. The number of rotatable bonds is 7. The van der Waals surface area contributed by atoms with Crippen molar-refractivity contribution in [3.05, 3.63) is 40.2 Å². The maximum absolute atomic E-state index is 12.1. The third kappa shape index (κ3) is 4.66. The van der Waals surface area contributed by atoms with Gasteiger partial charge in [-0.2, -0.15) is 0 Å². The van der Waals surface area contributed by atoms with Crippen LogP contribution in [0.5, 0.6) is 0 Å². The fourth-order valence-electron chi connectivity index (χ4n) is 2.02. The van der Waals surface area contributed by atoms with Gasteiger partial charge >= 0.3 is 5.97 Å². The van der Waals surface area contributed by atoms with Crippen LogP contribution in [0.2, 0.25) is 0 Å². The van der Waals surface area contributed by atoms with Gasteiger partial charge in [-0.3, -0.25) is 9.59 Å². The summed E-state index contributed by atoms with van der Waals surface area (Å²) in [5, 5.41) is 14.3. The predicted octanol–water partition coefficient (Wildman–Crippen LogP) is 3.10. The Labute approximate surface area is 133 Å². The monoisotopic (exact) mass is 318 g/mol. The van der Waals surface area contributed by atoms with Crippen molar-refractivity contribution in [1.82, 2.24) is 10.3 Å². The van der Waals surface area contributed by atoms with Gasteiger partial charge in [0.25, 0.3) is 5.91 Å². The van der Waals surface area contributed by atoms with Gasteiger partial charge in [-0.05, 0) is 31.9 Å². The van der Waals surface area contributed by atoms with E-state index in [-0.39, 0.29) is 12.3 Å². The Morgan fingerprint density at radius 3 is 2.82 bits per heavy atom. The highest BCUT2D eigenvalue weighted by Gasteiger charge is 2.08. The first-order valence-electron chi connectivity index (χ1n) is 7.09. The molecule has 0 unspecified atom stereocenters. The molecule has 0 fully saturated rings. The second-order valence-corrected chi connectivity index (χ2v) is 6.00. The van der Waals surface area contributed by atoms with E-state index in [2.05, 4.69) is 10.3 Å². The number of benzene rings is 1. The van der Waals surface area contributed by atoms with E-state index in [0.29, 0.717) is 24.9 Å². The minimum absolute atomic E-state index is 0.133. The topological polar surface area (TPSA) is 79.3 Å². The van der Waals surface area contributed by atoms with Gasteiger partial charge in [0.2, 0.25) is 0 Å². The van der Waals surface area contributed by atoms with Crippen LogP contribution in [-0.4, -0.2) is 28.5 Å². The van der Waals surface area contributed by atoms with Crippen molar-refractivity contribution in [2.75, 3.05) is 6.54 Å². The molecule has 6 heteroatoms. The number of hydrogen-bond acceptors (Lipinski definition) is 4. The summed E-state index contributed by atoms with van der Waals surface area (Å²) in [4.78, 5) is 26.9. The molecule has 0 bridgehead atoms. The van der Waals surface area contributed by atoms with Gasteiger partial charge in [-0.15, -0.1) is 11.3 Å². The van der Waals surface area contributed by atoms with Crippen LogP contribution in [0.15, 0.2) is 29.6 Å². The molecule has 0 saturated carbocycles. The van der Waals surface area contributed by atoms with E-state index in [1.807, 2.05) is 30.5 Å². The SMILES string of the molecule is Cc1nc(-c2cccc(C(=O)NCCCCC(=O)O)c2)cs1. The maximum Gasteiger partial charge on any atom is 0.303 e. The third-order valence-electron chi connectivity index (χ3n) is 3.14. The second kappa shape index (κ2) is 7.70. The summed E-state index contributed by atoms with van der Waals surface area (Å²) >= 11 is 1.58. The molecule has 2 aromatic rings. The van der Waals surface area contributed by atoms with Crippen molar-refractivity contribution in [2.24, 2.45) is 0 Å². The number of carbonyl (C=O) groups is 2. The highest BCUT2D eigenvalue weighted by molar-refractivity contribution is 7.09. The van der Waals surface area contributed by atoms with Gasteiger partial charge in [0, 0.05) is 29.5 Å². The standard InChI is InChI=1S/C16H18N2O3S/c1-11-18-14(10-22-11)12-5-4-6-13(9-12)16(21)17-8-3-2-7-15(19)20/h4-6,9-10H,2-3,7-8H2,1H3,(H,17,21)(H,19,20). The molecule has 22 heavy (non-hydrogen) atoms. The summed E-state index contributed by atoms with van der Waals surface area (Å²) in [5.41, 5.74) is 2.38. The average molecular weight is 318 g/mol. The second-order valence-electron chi connectivity index (χ2n) is 4.94. The zero-order chi connectivity index (χ0) is 15.9. The molecule has 116 valence electrons. The lowest BCUT2D eigenvalue weighted by molar-refractivity contribution is -0.137. The van der Waals surface area contributed by atoms with Crippen LogP contribution in [0.3, 0.4) is 0 Å². The predicted molar refractivity (Wildman–Crippen MR) is 86.1 cm³/mol. The number of amides is 1. The molecule has 0 saturated heterocycles. The molecular formula is C16H18N2O3S. The smallest absolute Gasteiger partial charge is 0.303 e. The number of carboxylic acid groups (broad SMARTS) is 1. The average Bonchev–Trinajstić information content (AvgIpc) is 2.93. The summed E-state index contributed by atoms with van der Waals surface area (Å²) in [6, 6.07) is 7.35. The fourth-order valence-corrected chi connectivity index (χ4v) is 2.64. The van der Waals surface area contributed by atoms with Gasteiger partial charge in [0.1, 0.15) is 0 Å². The number of nitrogens with zero attached hydrogens (tertiary/aromatic N) is 1. The van der Waals surface area contributed by atoms with Crippen LogP contribution in [-0.2, 0) is 4.79 Å². The van der Waals surface area contributed by atoms with Gasteiger partial charge < -0.3 is 10.4 Å². The van der Waals surface area contributed by atoms with Crippen molar-refractivity contribution in [2.45, 2.75) is 26.2 Å². The lowest BCUT2D eigenvalue weighted by atomic mass is 10.1. The Bertz CT molecular complexity index is 667. The van der Waals surface area contributed by atoms with E-state index < -0.39 is 5.97 Å². The van der Waals surface area contributed by atoms with Crippen molar-refractivity contribution in [3.8, 4) is 11.3 Å². The number of carbonyl (C=O) groups excluding carboxylic acids is 1. The minimum atomic E-state index is -0.808. The Balaban J connectivity index is 1.92. The number of aromatic nitrogens is 1. The molecule has 0 spiro atoms. The van der Waals surface area contributed by atoms with Crippen LogP contribution >= 0.6 is 11.3 Å². The fraction of sp³-hybridized carbons (Fsp3) is 0.312. The van der Waals surface area contributed by atoms with Crippen LogP contribution in [0, 0.1) is 6.92 Å². The molecule has 0 radical (unpaired) electrons. The van der Waals surface area contributed by atoms with Crippen LogP contribution in [0.4, 0.5) is 0 Å². The first-order chi connectivity index (χ1) is 10.6. The third-order valence-corrected chi connectivity index (χ3v) is 3.92. The van der Waals surface area contributed by atoms with Crippen LogP contribution in [0.1, 0.15) is 34.6 Å². The highest BCUT2D eigenvalue weighted by atomic mass is 32.1. The molecule has 5 nitrogen and oxygen atoms in total. The van der Waals surface area contributed by atoms with Gasteiger partial charge in [0.05, 0.1) is 10.7 Å². The molecule has 0 aliphatic heterocycles. The molecule has 1 aromatic carbocycles. The summed E-state index contributed by atoms with van der Waals surface area (Å²) in [6.07, 6.45) is 1.35. The quantitative estimate of drug-likeness (QED) is 0.769. The van der Waals surface area contributed by atoms with Crippen molar-refractivity contribution >= 4 is 23.2 Å². The number of carboxylic acids is 1. The van der Waals surface area contributed by atoms with Gasteiger partial charge in [-0.25, -0.2) is 4.98 Å². The lowest BCUT2D eigenvalue weighted by Crippen LogP contribution is -2.24. The lowest BCUT2D eigenvalue weighted by Gasteiger charge is -2.06. The molecule has 1 aromatic heterocycles. The molecule has 0 aliphatic rings. The number of aliphatic carboxylic acids is 1. The summed E-state index contributed by atoms with van der Waals surface area (Å²) in [6.45, 7) is 2.42. The number of aryl methyl sites for hydroxylation is 1. The summed E-state index contributed by atoms with van der Waals surface area (Å²) < 4.78 is 0. The molecule has 2 N–H and O–H groups in total. The molecule has 2 rings (SSSR count). The number of unbranched alkanes of at least 4 members (excludes halogenated alkanes) is 1.